The molecule has 0 aliphatic carbocycles. The van der Waals surface area contributed by atoms with Crippen LogP contribution in [-0.2, 0) is 6.18 Å². The summed E-state index contributed by atoms with van der Waals surface area (Å²) in [4.78, 5) is 17.0. The van der Waals surface area contributed by atoms with Crippen LogP contribution in [0.1, 0.15) is 34.2 Å². The van der Waals surface area contributed by atoms with Crippen LogP contribution in [0.25, 0.3) is 16.7 Å². The van der Waals surface area contributed by atoms with Crippen molar-refractivity contribution in [1.29, 1.82) is 5.41 Å². The number of nitrogens with one attached hydrogen (secondary N) is 3. The molecule has 12 heteroatoms. The molecule has 1 atom stereocenters. The molecule has 0 spiro atoms. The summed E-state index contributed by atoms with van der Waals surface area (Å²) in [6.07, 6.45) is -1.81. The number of nitrogens with zero attached hydrogens (tertiary/aromatic N) is 3. The smallest absolute Gasteiger partial charge is 0.404 e. The summed E-state index contributed by atoms with van der Waals surface area (Å²) in [5.74, 6) is -0.423. The average molecular weight is 499 g/mol. The van der Waals surface area contributed by atoms with Crippen molar-refractivity contribution in [1.82, 2.24) is 15.2 Å². The van der Waals surface area contributed by atoms with Gasteiger partial charge in [0.1, 0.15) is 5.82 Å². The van der Waals surface area contributed by atoms with Crippen LogP contribution in [0.2, 0.25) is 0 Å². The standard InChI is InChI=1S/C24H24F3N7O2/c1-13-3-4-18(32-23(36)21-7-17(11-30-34-21)24(25,26)27)8-19(13)15-5-20(16(9-28)10-29)33-22(6-15)31-14(2)12-35/h3-11,14,28,35H,12,29H2,1-2H3,(H,31,33)(H,32,36)/b16-10+,28-9?. The second-order valence-electron chi connectivity index (χ2n) is 7.93. The molecule has 0 saturated carbocycles. The molecule has 2 aromatic heterocycles. The number of pyridine rings is 1. The van der Waals surface area contributed by atoms with Gasteiger partial charge < -0.3 is 26.9 Å². The lowest BCUT2D eigenvalue weighted by molar-refractivity contribution is -0.137. The molecule has 1 aromatic carbocycles. The molecule has 3 aromatic rings. The molecule has 0 bridgehead atoms. The van der Waals surface area contributed by atoms with E-state index in [-0.39, 0.29) is 12.6 Å². The number of anilines is 2. The number of aliphatic hydroxyl groups excluding tert-OH is 1. The van der Waals surface area contributed by atoms with Gasteiger partial charge in [-0.25, -0.2) is 4.98 Å². The summed E-state index contributed by atoms with van der Waals surface area (Å²) < 4.78 is 38.9. The monoisotopic (exact) mass is 499 g/mol. The van der Waals surface area contributed by atoms with E-state index in [9.17, 15) is 23.1 Å². The maximum atomic E-state index is 13.0. The first kappa shape index (κ1) is 26.3. The molecule has 2 heterocycles. The van der Waals surface area contributed by atoms with Gasteiger partial charge in [-0.15, -0.1) is 5.10 Å². The zero-order valence-corrected chi connectivity index (χ0v) is 19.4. The summed E-state index contributed by atoms with van der Waals surface area (Å²) in [5, 5.41) is 29.4. The number of amides is 1. The van der Waals surface area contributed by atoms with Gasteiger partial charge >= 0.3 is 6.18 Å². The molecule has 6 N–H and O–H groups in total. The molecule has 188 valence electrons. The lowest BCUT2D eigenvalue weighted by Gasteiger charge is -2.16. The molecule has 0 fully saturated rings. The van der Waals surface area contributed by atoms with Crippen molar-refractivity contribution >= 4 is 29.2 Å². The molecule has 0 radical (unpaired) electrons. The first-order valence-electron chi connectivity index (χ1n) is 10.7. The Kier molecular flexibility index (Phi) is 8.00. The normalized spacial score (nSPS) is 12.7. The number of alkyl halides is 3. The van der Waals surface area contributed by atoms with Crippen molar-refractivity contribution in [2.45, 2.75) is 26.1 Å². The SMILES string of the molecule is Cc1ccc(NC(=O)c2cc(C(F)(F)F)cnn2)cc1-c1cc(NC(C)CO)nc(/C(C=N)=C/N)c1. The summed E-state index contributed by atoms with van der Waals surface area (Å²) in [6.45, 7) is 3.48. The Morgan fingerprint density at radius 3 is 2.61 bits per heavy atom. The van der Waals surface area contributed by atoms with E-state index >= 15 is 0 Å². The molecular formula is C24H24F3N7O2. The number of halogens is 3. The average Bonchev–Trinajstić information content (AvgIpc) is 2.85. The van der Waals surface area contributed by atoms with Crippen molar-refractivity contribution in [2.75, 3.05) is 17.2 Å². The maximum absolute atomic E-state index is 13.0. The molecule has 3 rings (SSSR count). The van der Waals surface area contributed by atoms with E-state index in [2.05, 4.69) is 25.8 Å². The summed E-state index contributed by atoms with van der Waals surface area (Å²) in [7, 11) is 0. The van der Waals surface area contributed by atoms with E-state index in [1.165, 1.54) is 6.20 Å². The molecular weight excluding hydrogens is 475 g/mol. The van der Waals surface area contributed by atoms with Gasteiger partial charge in [-0.2, -0.15) is 18.3 Å². The van der Waals surface area contributed by atoms with Gasteiger partial charge in [-0.1, -0.05) is 6.07 Å². The third kappa shape index (κ3) is 6.21. The fourth-order valence-electron chi connectivity index (χ4n) is 3.25. The quantitative estimate of drug-likeness (QED) is 0.295. The highest BCUT2D eigenvalue weighted by Crippen LogP contribution is 2.31. The van der Waals surface area contributed by atoms with Gasteiger partial charge in [0.2, 0.25) is 0 Å². The number of allylic oxidation sites excluding steroid dienone is 1. The Labute approximate surface area is 204 Å². The van der Waals surface area contributed by atoms with Crippen LogP contribution in [0.3, 0.4) is 0 Å². The molecule has 0 saturated heterocycles. The number of rotatable bonds is 8. The molecule has 36 heavy (non-hydrogen) atoms. The van der Waals surface area contributed by atoms with E-state index in [0.717, 1.165) is 11.8 Å². The third-order valence-corrected chi connectivity index (χ3v) is 5.15. The third-order valence-electron chi connectivity index (χ3n) is 5.15. The Bertz CT molecular complexity index is 1310. The van der Waals surface area contributed by atoms with Gasteiger partial charge in [0.15, 0.2) is 5.69 Å². The predicted octanol–water partition coefficient (Wildman–Crippen LogP) is 3.86. The summed E-state index contributed by atoms with van der Waals surface area (Å²) in [5.41, 5.74) is 7.36. The van der Waals surface area contributed by atoms with Gasteiger partial charge in [-0.05, 0) is 60.9 Å². The van der Waals surface area contributed by atoms with E-state index in [0.29, 0.717) is 46.2 Å². The topological polar surface area (TPSA) is 150 Å². The largest absolute Gasteiger partial charge is 0.418 e. The second kappa shape index (κ2) is 11.0. The van der Waals surface area contributed by atoms with Gasteiger partial charge in [0.05, 0.1) is 24.1 Å². The second-order valence-corrected chi connectivity index (χ2v) is 7.93. The number of carbonyl (C=O) groups excluding carboxylic acids is 1. The van der Waals surface area contributed by atoms with E-state index in [1.54, 1.807) is 37.3 Å². The molecule has 1 amide bonds. The van der Waals surface area contributed by atoms with Crippen LogP contribution < -0.4 is 16.4 Å². The van der Waals surface area contributed by atoms with Crippen LogP contribution in [0.5, 0.6) is 0 Å². The molecule has 9 nitrogen and oxygen atoms in total. The number of hydrogen-bond acceptors (Lipinski definition) is 8. The number of benzene rings is 1. The van der Waals surface area contributed by atoms with Gasteiger partial charge in [0.25, 0.3) is 5.91 Å². The fourth-order valence-corrected chi connectivity index (χ4v) is 3.25. The van der Waals surface area contributed by atoms with Crippen LogP contribution in [0.4, 0.5) is 24.7 Å². The number of carbonyl (C=O) groups is 1. The molecule has 0 aliphatic heterocycles. The number of hydrogen-bond donors (Lipinski definition) is 5. The van der Waals surface area contributed by atoms with Crippen molar-refractivity contribution < 1.29 is 23.1 Å². The van der Waals surface area contributed by atoms with E-state index in [4.69, 9.17) is 11.1 Å². The van der Waals surface area contributed by atoms with Crippen molar-refractivity contribution in [3.05, 3.63) is 71.3 Å². The predicted molar refractivity (Wildman–Crippen MR) is 131 cm³/mol. The maximum Gasteiger partial charge on any atom is 0.418 e. The van der Waals surface area contributed by atoms with Gasteiger partial charge in [0, 0.05) is 29.7 Å². The highest BCUT2D eigenvalue weighted by Gasteiger charge is 2.32. The number of aliphatic hydroxyl groups is 1. The lowest BCUT2D eigenvalue weighted by atomic mass is 9.98. The first-order chi connectivity index (χ1) is 17.0. The highest BCUT2D eigenvalue weighted by atomic mass is 19.4. The lowest BCUT2D eigenvalue weighted by Crippen LogP contribution is -2.20. The first-order valence-corrected chi connectivity index (χ1v) is 10.7. The van der Waals surface area contributed by atoms with Gasteiger partial charge in [-0.3, -0.25) is 4.79 Å². The van der Waals surface area contributed by atoms with Crippen LogP contribution in [-0.4, -0.2) is 45.1 Å². The number of aryl methyl sites for hydroxylation is 1. The van der Waals surface area contributed by atoms with Crippen LogP contribution in [0.15, 0.2) is 48.8 Å². The summed E-state index contributed by atoms with van der Waals surface area (Å²) >= 11 is 0. The van der Waals surface area contributed by atoms with E-state index in [1.807, 2.05) is 6.92 Å². The minimum atomic E-state index is -4.66. The van der Waals surface area contributed by atoms with Crippen molar-refractivity contribution in [3.8, 4) is 11.1 Å². The van der Waals surface area contributed by atoms with Crippen LogP contribution in [0, 0.1) is 12.3 Å². The van der Waals surface area contributed by atoms with E-state index < -0.39 is 23.3 Å². The Balaban J connectivity index is 2.00. The Hall–Kier alpha value is -4.32. The minimum absolute atomic E-state index is 0.135. The summed E-state index contributed by atoms with van der Waals surface area (Å²) in [6, 6.07) is 8.78. The zero-order valence-electron chi connectivity index (χ0n) is 19.4. The number of nitrogens with two attached hydrogens (primary N) is 1. The molecule has 0 aliphatic rings. The van der Waals surface area contributed by atoms with Crippen LogP contribution >= 0.6 is 0 Å². The number of aromatic nitrogens is 3. The Morgan fingerprint density at radius 1 is 1.22 bits per heavy atom. The minimum Gasteiger partial charge on any atom is -0.404 e. The van der Waals surface area contributed by atoms with Crippen molar-refractivity contribution in [3.63, 3.8) is 0 Å². The fraction of sp³-hybridized carbons (Fsp3) is 0.208. The Morgan fingerprint density at radius 2 is 1.97 bits per heavy atom. The zero-order chi connectivity index (χ0) is 26.5. The van der Waals surface area contributed by atoms with Crippen molar-refractivity contribution in [2.24, 2.45) is 5.73 Å². The highest BCUT2D eigenvalue weighted by molar-refractivity contribution is 6.08. The molecule has 1 unspecified atom stereocenters.